The number of anilines is 2. The van der Waals surface area contributed by atoms with Crippen LogP contribution in [-0.2, 0) is 14.3 Å². The molecule has 2 heterocycles. The second-order valence-electron chi connectivity index (χ2n) is 7.69. The molecule has 0 bridgehead atoms. The van der Waals surface area contributed by atoms with Gasteiger partial charge in [-0.05, 0) is 49.6 Å². The van der Waals surface area contributed by atoms with E-state index in [1.807, 2.05) is 60.9 Å². The summed E-state index contributed by atoms with van der Waals surface area (Å²) in [4.78, 5) is 32.4. The standard InChI is InChI=1S/C23H26N4O3/c1-15-9-10-16(2)18(13-15)24-21(28)14-20-22(29)26(11-6-12-30-3)23-25-17-7-4-5-8-19(17)27(20)23/h4-5,7-10,13,20H,6,11-12,14H2,1-3H3,(H,24,28)/t20-/m0/s1. The summed E-state index contributed by atoms with van der Waals surface area (Å²) in [7, 11) is 1.64. The molecule has 2 amide bonds. The number of nitrogens with zero attached hydrogens (tertiary/aromatic N) is 3. The van der Waals surface area contributed by atoms with E-state index in [4.69, 9.17) is 4.74 Å². The van der Waals surface area contributed by atoms with E-state index in [9.17, 15) is 9.59 Å². The van der Waals surface area contributed by atoms with Gasteiger partial charge >= 0.3 is 0 Å². The van der Waals surface area contributed by atoms with Crippen molar-refractivity contribution in [2.75, 3.05) is 30.5 Å². The molecule has 1 aliphatic heterocycles. The summed E-state index contributed by atoms with van der Waals surface area (Å²) in [5, 5.41) is 2.97. The highest BCUT2D eigenvalue weighted by Crippen LogP contribution is 2.36. The molecule has 0 saturated heterocycles. The number of imidazole rings is 1. The Hall–Kier alpha value is -3.19. The van der Waals surface area contributed by atoms with Gasteiger partial charge in [0, 0.05) is 25.9 Å². The number of nitrogens with one attached hydrogen (secondary N) is 1. The Kier molecular flexibility index (Phi) is 5.55. The molecule has 7 nitrogen and oxygen atoms in total. The van der Waals surface area contributed by atoms with Crippen molar-refractivity contribution in [3.05, 3.63) is 53.6 Å². The maximum absolute atomic E-state index is 13.2. The molecule has 3 aromatic rings. The van der Waals surface area contributed by atoms with Crippen molar-refractivity contribution in [2.24, 2.45) is 0 Å². The van der Waals surface area contributed by atoms with Gasteiger partial charge in [-0.3, -0.25) is 19.1 Å². The van der Waals surface area contributed by atoms with Crippen LogP contribution >= 0.6 is 0 Å². The van der Waals surface area contributed by atoms with Gasteiger partial charge < -0.3 is 10.1 Å². The van der Waals surface area contributed by atoms with Crippen LogP contribution in [0, 0.1) is 13.8 Å². The zero-order valence-corrected chi connectivity index (χ0v) is 17.5. The molecule has 0 saturated carbocycles. The monoisotopic (exact) mass is 406 g/mol. The zero-order chi connectivity index (χ0) is 21.3. The summed E-state index contributed by atoms with van der Waals surface area (Å²) >= 11 is 0. The van der Waals surface area contributed by atoms with E-state index in [1.54, 1.807) is 12.0 Å². The lowest BCUT2D eigenvalue weighted by Gasteiger charge is -2.16. The molecular formula is C23H26N4O3. The number of ether oxygens (including phenoxy) is 1. The van der Waals surface area contributed by atoms with Crippen LogP contribution in [-0.4, -0.2) is 41.6 Å². The number of rotatable bonds is 7. The first-order chi connectivity index (χ1) is 14.5. The van der Waals surface area contributed by atoms with Crippen molar-refractivity contribution in [1.82, 2.24) is 9.55 Å². The minimum Gasteiger partial charge on any atom is -0.385 e. The van der Waals surface area contributed by atoms with Gasteiger partial charge in [0.25, 0.3) is 5.91 Å². The van der Waals surface area contributed by atoms with Gasteiger partial charge in [0.2, 0.25) is 11.9 Å². The fourth-order valence-corrected chi connectivity index (χ4v) is 3.92. The predicted octanol–water partition coefficient (Wildman–Crippen LogP) is 3.61. The molecule has 4 rings (SSSR count). The Labute approximate surface area is 175 Å². The highest BCUT2D eigenvalue weighted by atomic mass is 16.5. The fraction of sp³-hybridized carbons (Fsp3) is 0.348. The Balaban J connectivity index is 1.62. The van der Waals surface area contributed by atoms with Crippen LogP contribution < -0.4 is 10.2 Å². The number of aryl methyl sites for hydroxylation is 2. The SMILES string of the molecule is COCCCN1C(=O)[C@H](CC(=O)Nc2cc(C)ccc2C)n2c1nc1ccccc12. The highest BCUT2D eigenvalue weighted by molar-refractivity contribution is 6.05. The Bertz CT molecular complexity index is 1110. The Morgan fingerprint density at radius 2 is 2.00 bits per heavy atom. The number of para-hydroxylation sites is 2. The van der Waals surface area contributed by atoms with Gasteiger partial charge in [0.05, 0.1) is 17.5 Å². The summed E-state index contributed by atoms with van der Waals surface area (Å²) in [5.41, 5.74) is 4.51. The molecule has 0 spiro atoms. The summed E-state index contributed by atoms with van der Waals surface area (Å²) in [6.45, 7) is 5.00. The third-order valence-electron chi connectivity index (χ3n) is 5.46. The lowest BCUT2D eigenvalue weighted by Crippen LogP contribution is -2.32. The molecule has 0 radical (unpaired) electrons. The number of carbonyl (C=O) groups is 2. The van der Waals surface area contributed by atoms with E-state index in [1.165, 1.54) is 0 Å². The van der Waals surface area contributed by atoms with Crippen LogP contribution in [0.1, 0.15) is 30.0 Å². The van der Waals surface area contributed by atoms with Gasteiger partial charge in [-0.1, -0.05) is 24.3 Å². The largest absolute Gasteiger partial charge is 0.385 e. The molecule has 0 fully saturated rings. The number of benzene rings is 2. The van der Waals surface area contributed by atoms with E-state index >= 15 is 0 Å². The molecule has 30 heavy (non-hydrogen) atoms. The van der Waals surface area contributed by atoms with Crippen LogP contribution in [0.15, 0.2) is 42.5 Å². The number of hydrogen-bond donors (Lipinski definition) is 1. The first-order valence-corrected chi connectivity index (χ1v) is 10.1. The minimum absolute atomic E-state index is 0.0559. The molecule has 1 aliphatic rings. The average molecular weight is 406 g/mol. The topological polar surface area (TPSA) is 76.5 Å². The molecule has 1 N–H and O–H groups in total. The minimum atomic E-state index is -0.611. The molecule has 1 aromatic heterocycles. The number of methoxy groups -OCH3 is 1. The quantitative estimate of drug-likeness (QED) is 0.608. The van der Waals surface area contributed by atoms with E-state index in [-0.39, 0.29) is 18.2 Å². The van der Waals surface area contributed by atoms with Gasteiger partial charge in [0.1, 0.15) is 6.04 Å². The zero-order valence-electron chi connectivity index (χ0n) is 17.5. The summed E-state index contributed by atoms with van der Waals surface area (Å²) < 4.78 is 7.03. The summed E-state index contributed by atoms with van der Waals surface area (Å²) in [6.07, 6.45) is 0.757. The summed E-state index contributed by atoms with van der Waals surface area (Å²) in [5.74, 6) is 0.307. The highest BCUT2D eigenvalue weighted by Gasteiger charge is 2.40. The molecule has 0 unspecified atom stereocenters. The summed E-state index contributed by atoms with van der Waals surface area (Å²) in [6, 6.07) is 13.0. The molecule has 0 aliphatic carbocycles. The molecule has 2 aromatic carbocycles. The van der Waals surface area contributed by atoms with E-state index in [0.29, 0.717) is 25.5 Å². The maximum Gasteiger partial charge on any atom is 0.253 e. The lowest BCUT2D eigenvalue weighted by molar-refractivity contribution is -0.124. The van der Waals surface area contributed by atoms with Crippen LogP contribution in [0.4, 0.5) is 11.6 Å². The average Bonchev–Trinajstić information content (AvgIpc) is 3.21. The number of amides is 2. The van der Waals surface area contributed by atoms with Crippen molar-refractivity contribution in [1.29, 1.82) is 0 Å². The lowest BCUT2D eigenvalue weighted by atomic mass is 10.1. The van der Waals surface area contributed by atoms with Crippen molar-refractivity contribution >= 4 is 34.5 Å². The van der Waals surface area contributed by atoms with Crippen molar-refractivity contribution in [3.63, 3.8) is 0 Å². The van der Waals surface area contributed by atoms with Gasteiger partial charge in [-0.25, -0.2) is 4.98 Å². The third kappa shape index (κ3) is 3.68. The van der Waals surface area contributed by atoms with Crippen LogP contribution in [0.2, 0.25) is 0 Å². The second-order valence-corrected chi connectivity index (χ2v) is 7.69. The molecule has 1 atom stereocenters. The maximum atomic E-state index is 13.2. The van der Waals surface area contributed by atoms with Gasteiger partial charge in [-0.2, -0.15) is 0 Å². The first kappa shape index (κ1) is 20.1. The predicted molar refractivity (Wildman–Crippen MR) is 117 cm³/mol. The van der Waals surface area contributed by atoms with Crippen LogP contribution in [0.3, 0.4) is 0 Å². The smallest absolute Gasteiger partial charge is 0.253 e. The fourth-order valence-electron chi connectivity index (χ4n) is 3.92. The van der Waals surface area contributed by atoms with E-state index < -0.39 is 6.04 Å². The molecule has 156 valence electrons. The first-order valence-electron chi connectivity index (χ1n) is 10.1. The third-order valence-corrected chi connectivity index (χ3v) is 5.46. The van der Waals surface area contributed by atoms with Gasteiger partial charge in [-0.15, -0.1) is 0 Å². The normalized spacial score (nSPS) is 15.6. The second kappa shape index (κ2) is 8.28. The van der Waals surface area contributed by atoms with E-state index in [0.717, 1.165) is 27.8 Å². The Morgan fingerprint density at radius 1 is 1.20 bits per heavy atom. The number of fused-ring (bicyclic) bond motifs is 3. The Morgan fingerprint density at radius 3 is 2.80 bits per heavy atom. The van der Waals surface area contributed by atoms with E-state index in [2.05, 4.69) is 10.3 Å². The van der Waals surface area contributed by atoms with Gasteiger partial charge in [0.15, 0.2) is 0 Å². The van der Waals surface area contributed by atoms with Crippen molar-refractivity contribution < 1.29 is 14.3 Å². The number of carbonyl (C=O) groups excluding carboxylic acids is 2. The molecule has 7 heteroatoms. The molecular weight excluding hydrogens is 380 g/mol. The van der Waals surface area contributed by atoms with Crippen LogP contribution in [0.5, 0.6) is 0 Å². The van der Waals surface area contributed by atoms with Crippen molar-refractivity contribution in [3.8, 4) is 0 Å². The number of aromatic nitrogens is 2. The number of hydrogen-bond acceptors (Lipinski definition) is 4. The van der Waals surface area contributed by atoms with Crippen molar-refractivity contribution in [2.45, 2.75) is 32.7 Å². The van der Waals surface area contributed by atoms with Crippen LogP contribution in [0.25, 0.3) is 11.0 Å².